The first-order valence-electron chi connectivity index (χ1n) is 12.9. The number of nitrogens with one attached hydrogen (secondary N) is 3. The van der Waals surface area contributed by atoms with Gasteiger partial charge in [0.2, 0.25) is 11.8 Å². The van der Waals surface area contributed by atoms with Gasteiger partial charge in [0.15, 0.2) is 0 Å². The molecule has 2 atom stereocenters. The topological polar surface area (TPSA) is 172 Å². The van der Waals surface area contributed by atoms with Crippen LogP contribution in [-0.4, -0.2) is 85.6 Å². The van der Waals surface area contributed by atoms with Crippen molar-refractivity contribution in [2.24, 2.45) is 17.4 Å². The zero-order valence-corrected chi connectivity index (χ0v) is 23.5. The molecule has 12 nitrogen and oxygen atoms in total. The molecule has 1 rings (SSSR count). The summed E-state index contributed by atoms with van der Waals surface area (Å²) in [5.74, 6) is -0.945. The van der Waals surface area contributed by atoms with Crippen LogP contribution < -0.4 is 27.4 Å². The van der Waals surface area contributed by atoms with E-state index in [1.807, 2.05) is 20.9 Å². The first-order chi connectivity index (χ1) is 17.8. The summed E-state index contributed by atoms with van der Waals surface area (Å²) in [6.07, 6.45) is 0.283. The van der Waals surface area contributed by atoms with Crippen LogP contribution in [-0.2, 0) is 20.9 Å². The molecule has 1 aromatic carbocycles. The first kappa shape index (κ1) is 32.6. The molecule has 12 heteroatoms. The van der Waals surface area contributed by atoms with Gasteiger partial charge in [0.1, 0.15) is 12.6 Å². The predicted molar refractivity (Wildman–Crippen MR) is 147 cm³/mol. The summed E-state index contributed by atoms with van der Waals surface area (Å²) >= 11 is 0. The summed E-state index contributed by atoms with van der Waals surface area (Å²) in [4.78, 5) is 52.2. The van der Waals surface area contributed by atoms with Crippen molar-refractivity contribution < 1.29 is 23.9 Å². The van der Waals surface area contributed by atoms with Crippen LogP contribution in [0.5, 0.6) is 0 Å². The smallest absolute Gasteiger partial charge is 0.409 e. The molecule has 0 spiro atoms. The Morgan fingerprint density at radius 3 is 2.16 bits per heavy atom. The molecule has 0 fully saturated rings. The molecular weight excluding hydrogens is 490 g/mol. The van der Waals surface area contributed by atoms with Crippen molar-refractivity contribution in [1.82, 2.24) is 20.4 Å². The number of benzene rings is 1. The Kier molecular flexibility index (Phi) is 14.1. The van der Waals surface area contributed by atoms with E-state index in [0.29, 0.717) is 24.7 Å². The van der Waals surface area contributed by atoms with Crippen LogP contribution in [0.1, 0.15) is 46.1 Å². The fourth-order valence-corrected chi connectivity index (χ4v) is 3.18. The fourth-order valence-electron chi connectivity index (χ4n) is 3.18. The summed E-state index contributed by atoms with van der Waals surface area (Å²) in [6.45, 7) is 9.47. The Bertz CT molecular complexity index is 908. The van der Waals surface area contributed by atoms with Crippen molar-refractivity contribution >= 4 is 29.6 Å². The molecule has 0 aliphatic carbocycles. The molecule has 0 unspecified atom stereocenters. The number of carbonyl (C=O) groups excluding carboxylic acids is 4. The predicted octanol–water partition coefficient (Wildman–Crippen LogP) is 1.45. The van der Waals surface area contributed by atoms with Crippen LogP contribution in [0, 0.1) is 5.92 Å². The molecule has 0 radical (unpaired) electrons. The number of urea groups is 1. The molecule has 7 N–H and O–H groups in total. The van der Waals surface area contributed by atoms with Crippen molar-refractivity contribution in [3.63, 3.8) is 0 Å². The van der Waals surface area contributed by atoms with E-state index in [1.54, 1.807) is 31.3 Å². The van der Waals surface area contributed by atoms with Gasteiger partial charge in [0.05, 0.1) is 6.04 Å². The molecule has 0 heterocycles. The van der Waals surface area contributed by atoms with E-state index in [2.05, 4.69) is 34.7 Å². The third-order valence-corrected chi connectivity index (χ3v) is 6.19. The molecule has 5 amide bonds. The van der Waals surface area contributed by atoms with Crippen LogP contribution in [0.3, 0.4) is 0 Å². The van der Waals surface area contributed by atoms with Crippen molar-refractivity contribution in [1.29, 1.82) is 0 Å². The number of rotatable bonds is 15. The average molecular weight is 536 g/mol. The van der Waals surface area contributed by atoms with Gasteiger partial charge in [-0.15, -0.1) is 0 Å². The van der Waals surface area contributed by atoms with Gasteiger partial charge in [-0.25, -0.2) is 9.59 Å². The zero-order valence-electron chi connectivity index (χ0n) is 23.5. The van der Waals surface area contributed by atoms with Crippen LogP contribution in [0.25, 0.3) is 0 Å². The number of ether oxygens (including phenoxy) is 1. The van der Waals surface area contributed by atoms with Crippen LogP contribution in [0.15, 0.2) is 24.3 Å². The number of nitrogens with zero attached hydrogens (tertiary/aromatic N) is 2. The number of anilines is 1. The van der Waals surface area contributed by atoms with Gasteiger partial charge in [0.25, 0.3) is 0 Å². The molecule has 0 bridgehead atoms. The lowest BCUT2D eigenvalue weighted by Crippen LogP contribution is -2.51. The molecule has 1 aromatic rings. The summed E-state index contributed by atoms with van der Waals surface area (Å²) in [6, 6.07) is 4.99. The lowest BCUT2D eigenvalue weighted by Gasteiger charge is -2.24. The molecule has 0 saturated heterocycles. The van der Waals surface area contributed by atoms with Crippen molar-refractivity contribution in [2.45, 2.75) is 65.3 Å². The maximum absolute atomic E-state index is 12.9. The summed E-state index contributed by atoms with van der Waals surface area (Å²) in [5, 5.41) is 7.95. The van der Waals surface area contributed by atoms with Crippen molar-refractivity contribution in [2.75, 3.05) is 39.0 Å². The Hall–Kier alpha value is -3.38. The van der Waals surface area contributed by atoms with Gasteiger partial charge in [-0.3, -0.25) is 9.59 Å². The minimum Gasteiger partial charge on any atom is -0.445 e. The quantitative estimate of drug-likeness (QED) is 0.211. The second-order valence-corrected chi connectivity index (χ2v) is 10.0. The van der Waals surface area contributed by atoms with Crippen LogP contribution in [0.4, 0.5) is 15.3 Å². The van der Waals surface area contributed by atoms with Gasteiger partial charge in [-0.05, 0) is 57.4 Å². The van der Waals surface area contributed by atoms with Gasteiger partial charge in [0, 0.05) is 38.4 Å². The molecule has 214 valence electrons. The van der Waals surface area contributed by atoms with Crippen LogP contribution in [0.2, 0.25) is 0 Å². The standard InChI is InChI=1S/C26H45N7O5/c1-17(2)22(27)24(35)31-21(8-7-13-29-25(28)36)23(34)30-20-11-9-19(10-12-20)16-38-26(37)33(6)15-14-32(5)18(3)4/h9-12,17-18,21-22H,7-8,13-16,27H2,1-6H3,(H,30,34)(H,31,35)(H3,28,29,36)/t21-,22-/m0/s1. The van der Waals surface area contributed by atoms with E-state index in [-0.39, 0.29) is 25.5 Å². The number of hydrogen-bond acceptors (Lipinski definition) is 7. The molecule has 0 aliphatic rings. The fraction of sp³-hybridized carbons (Fsp3) is 0.615. The van der Waals surface area contributed by atoms with E-state index < -0.39 is 36.0 Å². The number of primary amides is 1. The monoisotopic (exact) mass is 535 g/mol. The molecular formula is C26H45N7O5. The van der Waals surface area contributed by atoms with E-state index in [9.17, 15) is 19.2 Å². The van der Waals surface area contributed by atoms with Gasteiger partial charge in [-0.1, -0.05) is 26.0 Å². The summed E-state index contributed by atoms with van der Waals surface area (Å²) < 4.78 is 5.38. The number of nitrogens with two attached hydrogens (primary N) is 2. The Labute approximate surface area is 225 Å². The second kappa shape index (κ2) is 16.5. The van der Waals surface area contributed by atoms with E-state index in [1.165, 1.54) is 4.90 Å². The molecule has 0 aromatic heterocycles. The summed E-state index contributed by atoms with van der Waals surface area (Å²) in [5.41, 5.74) is 12.3. The minimum absolute atomic E-state index is 0.0933. The lowest BCUT2D eigenvalue weighted by atomic mass is 10.0. The van der Waals surface area contributed by atoms with Gasteiger partial charge >= 0.3 is 12.1 Å². The highest BCUT2D eigenvalue weighted by molar-refractivity contribution is 5.97. The van der Waals surface area contributed by atoms with Gasteiger partial charge in [-0.2, -0.15) is 0 Å². The average Bonchev–Trinajstić information content (AvgIpc) is 2.86. The second-order valence-electron chi connectivity index (χ2n) is 10.0. The number of hydrogen-bond donors (Lipinski definition) is 5. The normalized spacial score (nSPS) is 12.7. The van der Waals surface area contributed by atoms with E-state index in [4.69, 9.17) is 16.2 Å². The Morgan fingerprint density at radius 1 is 0.974 bits per heavy atom. The number of likely N-dealkylation sites (N-methyl/N-ethyl adjacent to an activating group) is 2. The highest BCUT2D eigenvalue weighted by Gasteiger charge is 2.25. The van der Waals surface area contributed by atoms with Crippen molar-refractivity contribution in [3.8, 4) is 0 Å². The maximum atomic E-state index is 12.9. The lowest BCUT2D eigenvalue weighted by molar-refractivity contribution is -0.128. The van der Waals surface area contributed by atoms with Crippen LogP contribution >= 0.6 is 0 Å². The maximum Gasteiger partial charge on any atom is 0.409 e. The molecule has 38 heavy (non-hydrogen) atoms. The van der Waals surface area contributed by atoms with Crippen molar-refractivity contribution in [3.05, 3.63) is 29.8 Å². The Morgan fingerprint density at radius 2 is 1.61 bits per heavy atom. The van der Waals surface area contributed by atoms with E-state index >= 15 is 0 Å². The zero-order chi connectivity index (χ0) is 28.8. The number of carbonyl (C=O) groups is 4. The highest BCUT2D eigenvalue weighted by Crippen LogP contribution is 2.13. The summed E-state index contributed by atoms with van der Waals surface area (Å²) in [7, 11) is 3.70. The Balaban J connectivity index is 2.68. The minimum atomic E-state index is -0.854. The SMILES string of the molecule is CC(C)[C@H](N)C(=O)N[C@@H](CCCNC(N)=O)C(=O)Nc1ccc(COC(=O)N(C)CCN(C)C(C)C)cc1. The first-order valence-corrected chi connectivity index (χ1v) is 12.9. The third-order valence-electron chi connectivity index (χ3n) is 6.19. The van der Waals surface area contributed by atoms with E-state index in [0.717, 1.165) is 12.1 Å². The van der Waals surface area contributed by atoms with Gasteiger partial charge < -0.3 is 42.0 Å². The molecule has 0 saturated carbocycles. The third kappa shape index (κ3) is 12.2. The number of amides is 5. The molecule has 0 aliphatic heterocycles. The highest BCUT2D eigenvalue weighted by atomic mass is 16.6. The largest absolute Gasteiger partial charge is 0.445 e.